The van der Waals surface area contributed by atoms with Crippen LogP contribution in [0.1, 0.15) is 37.7 Å². The topological polar surface area (TPSA) is 72.7 Å². The molecule has 1 aliphatic carbocycles. The molecule has 0 aliphatic heterocycles. The second kappa shape index (κ2) is 10.3. The molecule has 1 saturated carbocycles. The average Bonchev–Trinajstić information content (AvgIpc) is 3.22. The standard InChI is InChI=1S/C27H26BrN3O3S/c28-22-13-16-25-30-26(27(31(25)19-22)29-23-9-5-2-6-10-23)21-11-14-24(15-12-21)34-35(32,33)18-17-20-7-3-1-4-8-20/h1,3-4,7-8,11-19,23,29H,2,5-6,9-10H2/b18-17+. The van der Waals surface area contributed by atoms with E-state index in [4.69, 9.17) is 9.17 Å². The van der Waals surface area contributed by atoms with Crippen LogP contribution in [0, 0.1) is 0 Å². The SMILES string of the molecule is O=S(=O)(/C=C/c1ccccc1)Oc1ccc(-c2nc3ccc(Br)cn3c2NC2CCCCC2)cc1. The zero-order chi connectivity index (χ0) is 24.3. The number of halogens is 1. The number of hydrogen-bond donors (Lipinski definition) is 1. The fourth-order valence-electron chi connectivity index (χ4n) is 4.35. The zero-order valence-corrected chi connectivity index (χ0v) is 21.5. The lowest BCUT2D eigenvalue weighted by Gasteiger charge is -2.24. The Hall–Kier alpha value is -3.10. The number of benzene rings is 2. The Labute approximate surface area is 213 Å². The van der Waals surface area contributed by atoms with Crippen LogP contribution in [0.4, 0.5) is 5.82 Å². The molecule has 180 valence electrons. The largest absolute Gasteiger partial charge is 0.379 e. The van der Waals surface area contributed by atoms with Crippen molar-refractivity contribution in [3.63, 3.8) is 0 Å². The predicted octanol–water partition coefficient (Wildman–Crippen LogP) is 6.89. The summed E-state index contributed by atoms with van der Waals surface area (Å²) in [7, 11) is -3.88. The molecule has 0 amide bonds. The van der Waals surface area contributed by atoms with Gasteiger partial charge in [-0.25, -0.2) is 4.98 Å². The molecule has 0 unspecified atom stereocenters. The summed E-state index contributed by atoms with van der Waals surface area (Å²) in [5.41, 5.74) is 3.33. The highest BCUT2D eigenvalue weighted by Gasteiger charge is 2.20. The van der Waals surface area contributed by atoms with E-state index >= 15 is 0 Å². The van der Waals surface area contributed by atoms with E-state index in [-0.39, 0.29) is 5.75 Å². The minimum absolute atomic E-state index is 0.250. The summed E-state index contributed by atoms with van der Waals surface area (Å²) in [6.07, 6.45) is 9.55. The maximum absolute atomic E-state index is 12.4. The lowest BCUT2D eigenvalue weighted by Crippen LogP contribution is -2.23. The van der Waals surface area contributed by atoms with Crippen molar-refractivity contribution in [3.8, 4) is 17.0 Å². The van der Waals surface area contributed by atoms with E-state index in [0.29, 0.717) is 6.04 Å². The van der Waals surface area contributed by atoms with Gasteiger partial charge in [-0.15, -0.1) is 0 Å². The minimum Gasteiger partial charge on any atom is -0.379 e. The Morgan fingerprint density at radius 2 is 1.71 bits per heavy atom. The van der Waals surface area contributed by atoms with Gasteiger partial charge in [0.2, 0.25) is 0 Å². The second-order valence-electron chi connectivity index (χ2n) is 8.68. The van der Waals surface area contributed by atoms with Crippen molar-refractivity contribution in [2.75, 3.05) is 5.32 Å². The third-order valence-electron chi connectivity index (χ3n) is 6.10. The van der Waals surface area contributed by atoms with Gasteiger partial charge >= 0.3 is 10.1 Å². The van der Waals surface area contributed by atoms with Gasteiger partial charge in [0.1, 0.15) is 22.9 Å². The lowest BCUT2D eigenvalue weighted by molar-refractivity contribution is 0.461. The molecule has 0 atom stereocenters. The van der Waals surface area contributed by atoms with Crippen molar-refractivity contribution >= 4 is 43.6 Å². The van der Waals surface area contributed by atoms with Gasteiger partial charge in [-0.2, -0.15) is 8.42 Å². The van der Waals surface area contributed by atoms with Crippen molar-refractivity contribution in [1.29, 1.82) is 0 Å². The minimum atomic E-state index is -3.88. The van der Waals surface area contributed by atoms with Crippen LogP contribution in [0.15, 0.2) is 82.8 Å². The van der Waals surface area contributed by atoms with Gasteiger partial charge < -0.3 is 9.50 Å². The molecular weight excluding hydrogens is 526 g/mol. The van der Waals surface area contributed by atoms with Gasteiger partial charge in [-0.05, 0) is 76.8 Å². The quantitative estimate of drug-likeness (QED) is 0.253. The smallest absolute Gasteiger partial charge is 0.332 e. The maximum atomic E-state index is 12.4. The van der Waals surface area contributed by atoms with Gasteiger partial charge in [0.05, 0.1) is 5.41 Å². The van der Waals surface area contributed by atoms with E-state index in [1.54, 1.807) is 12.1 Å². The Morgan fingerprint density at radius 3 is 2.46 bits per heavy atom. The number of anilines is 1. The first-order valence-corrected chi connectivity index (χ1v) is 14.0. The molecule has 6 nitrogen and oxygen atoms in total. The zero-order valence-electron chi connectivity index (χ0n) is 19.1. The number of aromatic nitrogens is 2. The van der Waals surface area contributed by atoms with Crippen LogP contribution in [-0.2, 0) is 10.1 Å². The number of nitrogens with one attached hydrogen (secondary N) is 1. The van der Waals surface area contributed by atoms with Crippen LogP contribution >= 0.6 is 15.9 Å². The summed E-state index contributed by atoms with van der Waals surface area (Å²) in [6.45, 7) is 0. The molecule has 8 heteroatoms. The van der Waals surface area contributed by atoms with Gasteiger partial charge in [0.25, 0.3) is 0 Å². The number of imidazole rings is 1. The number of fused-ring (bicyclic) bond motifs is 1. The first kappa shape index (κ1) is 23.6. The molecule has 1 fully saturated rings. The summed E-state index contributed by atoms with van der Waals surface area (Å²) in [5, 5.41) is 4.80. The van der Waals surface area contributed by atoms with E-state index < -0.39 is 10.1 Å². The molecular formula is C27H26BrN3O3S. The van der Waals surface area contributed by atoms with Crippen LogP contribution in [0.5, 0.6) is 5.75 Å². The second-order valence-corrected chi connectivity index (χ2v) is 11.0. The fraction of sp³-hybridized carbons (Fsp3) is 0.222. The Balaban J connectivity index is 1.40. The molecule has 0 radical (unpaired) electrons. The molecule has 1 N–H and O–H groups in total. The Morgan fingerprint density at radius 1 is 0.971 bits per heavy atom. The van der Waals surface area contributed by atoms with Gasteiger partial charge in [-0.3, -0.25) is 4.40 Å². The van der Waals surface area contributed by atoms with Gasteiger partial charge in [-0.1, -0.05) is 49.6 Å². The van der Waals surface area contributed by atoms with Crippen molar-refractivity contribution in [2.24, 2.45) is 0 Å². The number of pyridine rings is 1. The molecule has 5 rings (SSSR count). The van der Waals surface area contributed by atoms with E-state index in [0.717, 1.165) is 51.0 Å². The van der Waals surface area contributed by atoms with Crippen LogP contribution in [0.2, 0.25) is 0 Å². The molecule has 2 heterocycles. The normalized spacial score (nSPS) is 15.0. The van der Waals surface area contributed by atoms with Gasteiger partial charge in [0, 0.05) is 22.3 Å². The molecule has 0 saturated heterocycles. The lowest BCUT2D eigenvalue weighted by atomic mass is 9.95. The molecule has 0 bridgehead atoms. The summed E-state index contributed by atoms with van der Waals surface area (Å²) >= 11 is 3.57. The summed E-state index contributed by atoms with van der Waals surface area (Å²) in [4.78, 5) is 4.87. The van der Waals surface area contributed by atoms with Crippen molar-refractivity contribution in [1.82, 2.24) is 9.38 Å². The van der Waals surface area contributed by atoms with Crippen molar-refractivity contribution < 1.29 is 12.6 Å². The molecule has 0 spiro atoms. The summed E-state index contributed by atoms with van der Waals surface area (Å²) in [5.74, 6) is 1.19. The molecule has 4 aromatic rings. The Kier molecular flexibility index (Phi) is 6.92. The third-order valence-corrected chi connectivity index (χ3v) is 7.46. The highest BCUT2D eigenvalue weighted by atomic mass is 79.9. The van der Waals surface area contributed by atoms with Crippen LogP contribution in [-0.4, -0.2) is 23.8 Å². The molecule has 2 aromatic heterocycles. The first-order valence-electron chi connectivity index (χ1n) is 11.7. The van der Waals surface area contributed by atoms with Crippen LogP contribution in [0.3, 0.4) is 0 Å². The van der Waals surface area contributed by atoms with E-state index in [1.165, 1.54) is 25.3 Å². The highest BCUT2D eigenvalue weighted by molar-refractivity contribution is 9.10. The predicted molar refractivity (Wildman–Crippen MR) is 144 cm³/mol. The van der Waals surface area contributed by atoms with Crippen molar-refractivity contribution in [2.45, 2.75) is 38.1 Å². The summed E-state index contributed by atoms with van der Waals surface area (Å²) < 4.78 is 33.1. The first-order chi connectivity index (χ1) is 17.0. The number of hydrogen-bond acceptors (Lipinski definition) is 5. The number of rotatable bonds is 7. The number of nitrogens with zero attached hydrogens (tertiary/aromatic N) is 2. The molecule has 35 heavy (non-hydrogen) atoms. The fourth-order valence-corrected chi connectivity index (χ4v) is 5.45. The monoisotopic (exact) mass is 551 g/mol. The molecule has 2 aromatic carbocycles. The highest BCUT2D eigenvalue weighted by Crippen LogP contribution is 2.33. The average molecular weight is 552 g/mol. The van der Waals surface area contributed by atoms with E-state index in [1.807, 2.05) is 60.8 Å². The van der Waals surface area contributed by atoms with E-state index in [9.17, 15) is 8.42 Å². The van der Waals surface area contributed by atoms with E-state index in [2.05, 4.69) is 25.6 Å². The maximum Gasteiger partial charge on any atom is 0.332 e. The Bertz CT molecular complexity index is 1440. The van der Waals surface area contributed by atoms with Crippen LogP contribution < -0.4 is 9.50 Å². The van der Waals surface area contributed by atoms with Crippen molar-refractivity contribution in [3.05, 3.63) is 88.4 Å². The molecule has 1 aliphatic rings. The van der Waals surface area contributed by atoms with Crippen LogP contribution in [0.25, 0.3) is 23.0 Å². The van der Waals surface area contributed by atoms with Gasteiger partial charge in [0.15, 0.2) is 0 Å². The third kappa shape index (κ3) is 5.77. The summed E-state index contributed by atoms with van der Waals surface area (Å²) in [6, 6.07) is 20.6.